The van der Waals surface area contributed by atoms with Crippen LogP contribution in [0, 0.1) is 11.8 Å². The Morgan fingerprint density at radius 3 is 2.28 bits per heavy atom. The summed E-state index contributed by atoms with van der Waals surface area (Å²) in [5, 5.41) is 72.1. The quantitative estimate of drug-likeness (QED) is 0.198. The lowest BCUT2D eigenvalue weighted by Gasteiger charge is -2.53. The predicted octanol–water partition coefficient (Wildman–Crippen LogP) is -0.436. The summed E-state index contributed by atoms with van der Waals surface area (Å²) in [5.41, 5.74) is -0.395. The fourth-order valence-corrected chi connectivity index (χ4v) is 7.64. The highest BCUT2D eigenvalue weighted by atomic mass is 16.7. The molecule has 282 valence electrons. The molecule has 0 unspecified atom stereocenters. The van der Waals surface area contributed by atoms with E-state index < -0.39 is 85.8 Å². The number of piperidine rings is 1. The van der Waals surface area contributed by atoms with Crippen LogP contribution in [0.15, 0.2) is 18.2 Å². The van der Waals surface area contributed by atoms with Gasteiger partial charge in [0, 0.05) is 36.6 Å². The van der Waals surface area contributed by atoms with Crippen LogP contribution in [0.1, 0.15) is 59.1 Å². The molecule has 5 aliphatic heterocycles. The number of benzene rings is 1. The van der Waals surface area contributed by atoms with Gasteiger partial charge < -0.3 is 73.8 Å². The van der Waals surface area contributed by atoms with Crippen LogP contribution in [0.3, 0.4) is 0 Å². The molecule has 7 N–H and O–H groups in total. The molecule has 0 spiro atoms. The minimum atomic E-state index is -1.77. The molecule has 1 aromatic rings. The maximum Gasteiger partial charge on any atom is 0.410 e. The Balaban J connectivity index is 1.13. The maximum absolute atomic E-state index is 12.8. The standard InChI is InChI=1S/C34H51NO15/c1-33(2,3)50-32(43)35-9-8-19-15(12-35)10-18-28(45-19)17-7-6-16(11-20(17)49-34(18,4)5)44-30-27(42)25(40)29(22(14-37)47-30)48-31-26(41)24(39)23(38)21(13-36)46-31/h6-7,11,15,18-19,21-31,36-42H,8-10,12-14H2,1-5H3/t15-,18+,19+,21+,22+,23+,24-,25+,26+,27+,28-,29+,30+,31+/m0/s1. The number of rotatable bonds is 6. The average Bonchev–Trinajstić information content (AvgIpc) is 3.06. The van der Waals surface area contributed by atoms with Crippen LogP contribution in [0.5, 0.6) is 11.5 Å². The molecule has 1 aromatic carbocycles. The number of nitrogens with zero attached hydrogens (tertiary/aromatic N) is 1. The minimum absolute atomic E-state index is 0.00815. The number of aliphatic hydroxyl groups is 7. The van der Waals surface area contributed by atoms with Crippen LogP contribution in [-0.4, -0.2) is 152 Å². The van der Waals surface area contributed by atoms with E-state index in [1.54, 1.807) is 17.0 Å². The molecule has 0 bridgehead atoms. The molecule has 1 amide bonds. The van der Waals surface area contributed by atoms with Gasteiger partial charge in [-0.1, -0.05) is 0 Å². The summed E-state index contributed by atoms with van der Waals surface area (Å²) in [6.07, 6.45) is -14.8. The number of ether oxygens (including phenoxy) is 7. The molecule has 0 aliphatic carbocycles. The number of carbonyl (C=O) groups excluding carboxylic acids is 1. The van der Waals surface area contributed by atoms with Crippen molar-refractivity contribution in [2.75, 3.05) is 26.3 Å². The van der Waals surface area contributed by atoms with E-state index in [-0.39, 0.29) is 35.9 Å². The van der Waals surface area contributed by atoms with Gasteiger partial charge in [-0.25, -0.2) is 4.79 Å². The Hall–Kier alpha value is -2.35. The zero-order valence-corrected chi connectivity index (χ0v) is 28.9. The van der Waals surface area contributed by atoms with E-state index >= 15 is 0 Å². The summed E-state index contributed by atoms with van der Waals surface area (Å²) >= 11 is 0. The monoisotopic (exact) mass is 713 g/mol. The fraction of sp³-hybridized carbons (Fsp3) is 0.794. The summed E-state index contributed by atoms with van der Waals surface area (Å²) in [7, 11) is 0. The van der Waals surface area contributed by atoms with Gasteiger partial charge in [0.1, 0.15) is 71.5 Å². The van der Waals surface area contributed by atoms with E-state index in [0.717, 1.165) is 12.0 Å². The third-order valence-electron chi connectivity index (χ3n) is 10.3. The highest BCUT2D eigenvalue weighted by Gasteiger charge is 2.53. The van der Waals surface area contributed by atoms with Crippen molar-refractivity contribution >= 4 is 6.09 Å². The van der Waals surface area contributed by atoms with Crippen molar-refractivity contribution < 1.29 is 73.7 Å². The molecular weight excluding hydrogens is 662 g/mol. The molecule has 16 heteroatoms. The van der Waals surface area contributed by atoms with E-state index in [9.17, 15) is 40.5 Å². The molecule has 50 heavy (non-hydrogen) atoms. The first-order valence-electron chi connectivity index (χ1n) is 17.2. The van der Waals surface area contributed by atoms with E-state index in [1.165, 1.54) is 0 Å². The van der Waals surface area contributed by atoms with Crippen molar-refractivity contribution in [3.63, 3.8) is 0 Å². The molecule has 0 radical (unpaired) electrons. The van der Waals surface area contributed by atoms with Crippen LogP contribution >= 0.6 is 0 Å². The largest absolute Gasteiger partial charge is 0.487 e. The second-order valence-electron chi connectivity index (χ2n) is 15.4. The summed E-state index contributed by atoms with van der Waals surface area (Å²) in [5.74, 6) is 0.880. The summed E-state index contributed by atoms with van der Waals surface area (Å²) in [4.78, 5) is 14.6. The molecule has 4 fully saturated rings. The first-order chi connectivity index (χ1) is 23.5. The van der Waals surface area contributed by atoms with Gasteiger partial charge in [-0.15, -0.1) is 0 Å². The van der Waals surface area contributed by atoms with Gasteiger partial charge in [-0.3, -0.25) is 0 Å². The van der Waals surface area contributed by atoms with E-state index in [1.807, 2.05) is 40.7 Å². The van der Waals surface area contributed by atoms with Crippen molar-refractivity contribution in [1.29, 1.82) is 0 Å². The van der Waals surface area contributed by atoms with Gasteiger partial charge >= 0.3 is 6.09 Å². The Kier molecular flexibility index (Phi) is 10.6. The lowest BCUT2D eigenvalue weighted by molar-refractivity contribution is -0.352. The Morgan fingerprint density at radius 1 is 0.920 bits per heavy atom. The van der Waals surface area contributed by atoms with E-state index in [2.05, 4.69) is 0 Å². The maximum atomic E-state index is 12.8. The first kappa shape index (κ1) is 37.4. The van der Waals surface area contributed by atoms with Crippen LogP contribution < -0.4 is 9.47 Å². The highest BCUT2D eigenvalue weighted by Crippen LogP contribution is 2.53. The highest BCUT2D eigenvalue weighted by molar-refractivity contribution is 5.68. The molecule has 14 atom stereocenters. The zero-order chi connectivity index (χ0) is 36.3. The van der Waals surface area contributed by atoms with Gasteiger partial charge in [0.25, 0.3) is 0 Å². The molecular formula is C34H51NO15. The van der Waals surface area contributed by atoms with Gasteiger partial charge in [-0.05, 0) is 59.6 Å². The van der Waals surface area contributed by atoms with Crippen LogP contribution in [0.4, 0.5) is 4.79 Å². The lowest BCUT2D eigenvalue weighted by atomic mass is 9.70. The molecule has 0 saturated carbocycles. The van der Waals surface area contributed by atoms with Crippen LogP contribution in [0.25, 0.3) is 0 Å². The van der Waals surface area contributed by atoms with Gasteiger partial charge in [0.2, 0.25) is 6.29 Å². The third-order valence-corrected chi connectivity index (χ3v) is 10.3. The smallest absolute Gasteiger partial charge is 0.410 e. The molecule has 5 aliphatic rings. The zero-order valence-electron chi connectivity index (χ0n) is 28.9. The minimum Gasteiger partial charge on any atom is -0.487 e. The molecule has 6 rings (SSSR count). The number of aliphatic hydroxyl groups excluding tert-OH is 7. The normalized spacial score (nSPS) is 41.2. The van der Waals surface area contributed by atoms with Gasteiger partial charge in [0.15, 0.2) is 6.29 Å². The second kappa shape index (κ2) is 14.2. The lowest BCUT2D eigenvalue weighted by Crippen LogP contribution is -2.65. The van der Waals surface area contributed by atoms with Gasteiger partial charge in [-0.2, -0.15) is 0 Å². The number of amides is 1. The number of fused-ring (bicyclic) bond motifs is 4. The van der Waals surface area contributed by atoms with Crippen molar-refractivity contribution in [2.45, 2.75) is 132 Å². The summed E-state index contributed by atoms with van der Waals surface area (Å²) in [6.45, 7) is 9.22. The van der Waals surface area contributed by atoms with Crippen molar-refractivity contribution in [1.82, 2.24) is 4.90 Å². The number of hydrogen-bond donors (Lipinski definition) is 7. The van der Waals surface area contributed by atoms with E-state index in [0.29, 0.717) is 25.3 Å². The molecule has 5 heterocycles. The summed E-state index contributed by atoms with van der Waals surface area (Å²) < 4.78 is 41.6. The van der Waals surface area contributed by atoms with Crippen molar-refractivity contribution in [3.8, 4) is 11.5 Å². The fourth-order valence-electron chi connectivity index (χ4n) is 7.64. The Labute approximate surface area is 290 Å². The van der Waals surface area contributed by atoms with Crippen molar-refractivity contribution in [2.24, 2.45) is 11.8 Å². The van der Waals surface area contributed by atoms with E-state index in [4.69, 9.17) is 33.2 Å². The second-order valence-corrected chi connectivity index (χ2v) is 15.4. The number of hydrogen-bond acceptors (Lipinski definition) is 15. The van der Waals surface area contributed by atoms with Crippen molar-refractivity contribution in [3.05, 3.63) is 23.8 Å². The average molecular weight is 714 g/mol. The van der Waals surface area contributed by atoms with Crippen LogP contribution in [0.2, 0.25) is 0 Å². The first-order valence-corrected chi connectivity index (χ1v) is 17.2. The predicted molar refractivity (Wildman–Crippen MR) is 170 cm³/mol. The van der Waals surface area contributed by atoms with Gasteiger partial charge in [0.05, 0.1) is 25.4 Å². The van der Waals surface area contributed by atoms with Crippen LogP contribution in [-0.2, 0) is 23.7 Å². The summed E-state index contributed by atoms with van der Waals surface area (Å²) in [6, 6.07) is 5.15. The molecule has 0 aromatic heterocycles. The Bertz CT molecular complexity index is 1350. The number of likely N-dealkylation sites (tertiary alicyclic amines) is 1. The number of carbonyl (C=O) groups is 1. The topological polar surface area (TPSA) is 227 Å². The Morgan fingerprint density at radius 2 is 1.60 bits per heavy atom. The molecule has 4 saturated heterocycles. The molecule has 16 nitrogen and oxygen atoms in total. The third kappa shape index (κ3) is 7.30. The SMILES string of the molecule is CC(C)(C)OC(=O)N1CC[C@H]2O[C@H]3c4ccc(O[C@@H]5O[C@H](CO)[C@@H](O[C@H]6O[C@H](CO)[C@@H](O)[C@H](O)[C@H]6O)[C@H](O)[C@H]5O)cc4OC(C)(C)[C@@H]3C[C@H]2C1.